The van der Waals surface area contributed by atoms with Gasteiger partial charge in [0.05, 0.1) is 12.3 Å². The summed E-state index contributed by atoms with van der Waals surface area (Å²) in [5.41, 5.74) is 0.538. The highest BCUT2D eigenvalue weighted by atomic mass is 16.5. The number of esters is 1. The average Bonchev–Trinajstić information content (AvgIpc) is 2.65. The number of ketones is 1. The normalized spacial score (nSPS) is 20.6. The van der Waals surface area contributed by atoms with E-state index in [1.165, 1.54) is 6.20 Å². The van der Waals surface area contributed by atoms with Crippen LogP contribution in [0, 0.1) is 5.92 Å². The quantitative estimate of drug-likeness (QED) is 0.513. The van der Waals surface area contributed by atoms with Crippen LogP contribution < -0.4 is 0 Å². The molecule has 1 unspecified atom stereocenters. The Hall–Kier alpha value is -1.71. The van der Waals surface area contributed by atoms with E-state index in [1.807, 2.05) is 0 Å². The van der Waals surface area contributed by atoms with E-state index in [4.69, 9.17) is 4.74 Å². The predicted octanol–water partition coefficient (Wildman–Crippen LogP) is 0.827. The Labute approximate surface area is 80.9 Å². The molecular formula is C10H9NO3. The van der Waals surface area contributed by atoms with Crippen molar-refractivity contribution >= 4 is 11.8 Å². The van der Waals surface area contributed by atoms with Crippen molar-refractivity contribution in [3.63, 3.8) is 0 Å². The monoisotopic (exact) mass is 191 g/mol. The first-order valence-corrected chi connectivity index (χ1v) is 4.37. The molecule has 0 aliphatic carbocycles. The van der Waals surface area contributed by atoms with Gasteiger partial charge in [-0.2, -0.15) is 0 Å². The third-order valence-corrected chi connectivity index (χ3v) is 2.18. The van der Waals surface area contributed by atoms with Crippen LogP contribution in [0.5, 0.6) is 0 Å². The summed E-state index contributed by atoms with van der Waals surface area (Å²) in [7, 11) is 0. The molecule has 1 atom stereocenters. The number of carbonyl (C=O) groups excluding carboxylic acids is 2. The summed E-state index contributed by atoms with van der Waals surface area (Å²) >= 11 is 0. The first kappa shape index (κ1) is 8.87. The van der Waals surface area contributed by atoms with Gasteiger partial charge >= 0.3 is 5.97 Å². The van der Waals surface area contributed by atoms with E-state index >= 15 is 0 Å². The smallest absolute Gasteiger partial charge is 0.306 e. The first-order valence-electron chi connectivity index (χ1n) is 4.37. The molecule has 0 saturated carbocycles. The minimum atomic E-state index is -0.327. The van der Waals surface area contributed by atoms with Crippen LogP contribution in [0.25, 0.3) is 0 Å². The highest BCUT2D eigenvalue weighted by Crippen LogP contribution is 2.18. The van der Waals surface area contributed by atoms with Gasteiger partial charge in [0.25, 0.3) is 0 Å². The van der Waals surface area contributed by atoms with Gasteiger partial charge in [-0.1, -0.05) is 0 Å². The summed E-state index contributed by atoms with van der Waals surface area (Å²) in [4.78, 5) is 26.4. The molecule has 0 bridgehead atoms. The molecule has 2 heterocycles. The molecule has 0 radical (unpaired) electrons. The molecule has 14 heavy (non-hydrogen) atoms. The molecule has 1 aromatic heterocycles. The predicted molar refractivity (Wildman–Crippen MR) is 47.6 cm³/mol. The Morgan fingerprint density at radius 1 is 1.57 bits per heavy atom. The fraction of sp³-hybridized carbons (Fsp3) is 0.300. The number of hydrogen-bond acceptors (Lipinski definition) is 4. The summed E-state index contributed by atoms with van der Waals surface area (Å²) in [6, 6.07) is 3.39. The summed E-state index contributed by atoms with van der Waals surface area (Å²) in [5.74, 6) is -0.692. The van der Waals surface area contributed by atoms with E-state index in [2.05, 4.69) is 4.98 Å². The second kappa shape index (κ2) is 3.57. The van der Waals surface area contributed by atoms with Gasteiger partial charge in [-0.15, -0.1) is 0 Å². The molecule has 1 aliphatic rings. The molecule has 2 rings (SSSR count). The van der Waals surface area contributed by atoms with Gasteiger partial charge < -0.3 is 4.74 Å². The molecule has 1 saturated heterocycles. The van der Waals surface area contributed by atoms with Crippen molar-refractivity contribution in [1.82, 2.24) is 4.98 Å². The van der Waals surface area contributed by atoms with Crippen molar-refractivity contribution in [3.8, 4) is 0 Å². The lowest BCUT2D eigenvalue weighted by molar-refractivity contribution is -0.137. The largest absolute Gasteiger partial charge is 0.465 e. The van der Waals surface area contributed by atoms with Crippen LogP contribution in [-0.2, 0) is 9.53 Å². The second-order valence-corrected chi connectivity index (χ2v) is 3.19. The molecule has 72 valence electrons. The van der Waals surface area contributed by atoms with Crippen molar-refractivity contribution < 1.29 is 14.3 Å². The van der Waals surface area contributed by atoms with Crippen LogP contribution in [0.15, 0.2) is 24.5 Å². The average molecular weight is 191 g/mol. The molecule has 1 aromatic rings. The second-order valence-electron chi connectivity index (χ2n) is 3.19. The number of pyridine rings is 1. The van der Waals surface area contributed by atoms with Crippen molar-refractivity contribution in [3.05, 3.63) is 30.1 Å². The number of nitrogens with zero attached hydrogens (tertiary/aromatic N) is 1. The van der Waals surface area contributed by atoms with Crippen LogP contribution in [0.4, 0.5) is 0 Å². The van der Waals surface area contributed by atoms with Crippen LogP contribution in [0.3, 0.4) is 0 Å². The van der Waals surface area contributed by atoms with Crippen molar-refractivity contribution in [1.29, 1.82) is 0 Å². The van der Waals surface area contributed by atoms with E-state index in [-0.39, 0.29) is 30.7 Å². The van der Waals surface area contributed by atoms with Crippen LogP contribution in [0.2, 0.25) is 0 Å². The summed E-state index contributed by atoms with van der Waals surface area (Å²) in [5, 5.41) is 0. The number of ether oxygens (including phenoxy) is 1. The molecule has 0 amide bonds. The molecule has 1 aliphatic heterocycles. The molecule has 4 heteroatoms. The molecular weight excluding hydrogens is 182 g/mol. The maximum absolute atomic E-state index is 11.7. The highest BCUT2D eigenvalue weighted by Gasteiger charge is 2.30. The Morgan fingerprint density at radius 2 is 2.43 bits per heavy atom. The van der Waals surface area contributed by atoms with Gasteiger partial charge in [0.2, 0.25) is 0 Å². The van der Waals surface area contributed by atoms with Crippen LogP contribution in [-0.4, -0.2) is 23.3 Å². The Balaban J connectivity index is 2.13. The minimum absolute atomic E-state index is 0.0658. The van der Waals surface area contributed by atoms with Crippen molar-refractivity contribution in [2.45, 2.75) is 6.42 Å². The lowest BCUT2D eigenvalue weighted by atomic mass is 9.98. The van der Waals surface area contributed by atoms with E-state index in [1.54, 1.807) is 18.3 Å². The van der Waals surface area contributed by atoms with E-state index in [9.17, 15) is 9.59 Å². The van der Waals surface area contributed by atoms with Gasteiger partial charge in [0.1, 0.15) is 6.61 Å². The topological polar surface area (TPSA) is 56.3 Å². The zero-order chi connectivity index (χ0) is 9.97. The molecule has 0 aromatic carbocycles. The maximum Gasteiger partial charge on any atom is 0.306 e. The number of aromatic nitrogens is 1. The van der Waals surface area contributed by atoms with E-state index in [0.29, 0.717) is 5.56 Å². The first-order chi connectivity index (χ1) is 6.77. The molecule has 4 nitrogen and oxygen atoms in total. The SMILES string of the molecule is O=C1CC(C(=O)c2cccnc2)CO1. The number of carbonyl (C=O) groups is 2. The fourth-order valence-electron chi connectivity index (χ4n) is 1.43. The molecule has 1 fully saturated rings. The number of Topliss-reactive ketones (excluding diaryl/α,β-unsaturated/α-hetero) is 1. The number of cyclic esters (lactones) is 1. The van der Waals surface area contributed by atoms with E-state index < -0.39 is 0 Å². The highest BCUT2D eigenvalue weighted by molar-refractivity contribution is 6.00. The third-order valence-electron chi connectivity index (χ3n) is 2.18. The molecule has 0 spiro atoms. The Morgan fingerprint density at radius 3 is 3.00 bits per heavy atom. The minimum Gasteiger partial charge on any atom is -0.465 e. The Kier molecular flexibility index (Phi) is 2.26. The summed E-state index contributed by atoms with van der Waals surface area (Å²) < 4.78 is 4.73. The van der Waals surface area contributed by atoms with Crippen LogP contribution in [0.1, 0.15) is 16.8 Å². The van der Waals surface area contributed by atoms with Crippen molar-refractivity contribution in [2.75, 3.05) is 6.61 Å². The zero-order valence-electron chi connectivity index (χ0n) is 7.47. The number of hydrogen-bond donors (Lipinski definition) is 0. The van der Waals surface area contributed by atoms with E-state index in [0.717, 1.165) is 0 Å². The van der Waals surface area contributed by atoms with Crippen LogP contribution >= 0.6 is 0 Å². The maximum atomic E-state index is 11.7. The van der Waals surface area contributed by atoms with Gasteiger partial charge in [0, 0.05) is 18.0 Å². The standard InChI is InChI=1S/C10H9NO3/c12-9-4-8(6-14-9)10(13)7-2-1-3-11-5-7/h1-3,5,8H,4,6H2. The zero-order valence-corrected chi connectivity index (χ0v) is 7.47. The lowest BCUT2D eigenvalue weighted by Crippen LogP contribution is -2.14. The third kappa shape index (κ3) is 1.64. The fourth-order valence-corrected chi connectivity index (χ4v) is 1.43. The van der Waals surface area contributed by atoms with Gasteiger partial charge in [-0.05, 0) is 12.1 Å². The van der Waals surface area contributed by atoms with Gasteiger partial charge in [0.15, 0.2) is 5.78 Å². The number of rotatable bonds is 2. The summed E-state index contributed by atoms with van der Waals surface area (Å²) in [6.07, 6.45) is 3.30. The molecule has 0 N–H and O–H groups in total. The van der Waals surface area contributed by atoms with Crippen molar-refractivity contribution in [2.24, 2.45) is 5.92 Å². The van der Waals surface area contributed by atoms with Gasteiger partial charge in [-0.3, -0.25) is 14.6 Å². The lowest BCUT2D eigenvalue weighted by Gasteiger charge is -2.03. The summed E-state index contributed by atoms with van der Waals surface area (Å²) in [6.45, 7) is 0.201. The van der Waals surface area contributed by atoms with Gasteiger partial charge in [-0.25, -0.2) is 0 Å². The Bertz CT molecular complexity index is 361.